The quantitative estimate of drug-likeness (QED) is 0.545. The zero-order valence-electron chi connectivity index (χ0n) is 11.4. The van der Waals surface area contributed by atoms with Gasteiger partial charge < -0.3 is 16.0 Å². The molecule has 3 N–H and O–H groups in total. The molecule has 17 heavy (non-hydrogen) atoms. The fourth-order valence-corrected chi connectivity index (χ4v) is 2.02. The van der Waals surface area contributed by atoms with E-state index in [4.69, 9.17) is 5.73 Å². The number of nitrogens with two attached hydrogens (primary N) is 1. The highest BCUT2D eigenvalue weighted by Crippen LogP contribution is 2.07. The largest absolute Gasteiger partial charge is 0.370 e. The standard InChI is InChI=1S/C13H28N4/c1-12(2)6-7-15-13(14)16-8-11-17-9-4-3-5-10-17/h12H,3-11H2,1-2H3,(H3,14,15,16). The number of guanidine groups is 1. The van der Waals surface area contributed by atoms with E-state index in [9.17, 15) is 0 Å². The Morgan fingerprint density at radius 2 is 2.00 bits per heavy atom. The van der Waals surface area contributed by atoms with E-state index in [1.807, 2.05) is 0 Å². The first-order valence-corrected chi connectivity index (χ1v) is 6.94. The molecular weight excluding hydrogens is 212 g/mol. The monoisotopic (exact) mass is 240 g/mol. The molecule has 4 heteroatoms. The van der Waals surface area contributed by atoms with Crippen LogP contribution in [0.5, 0.6) is 0 Å². The van der Waals surface area contributed by atoms with Crippen LogP contribution in [-0.2, 0) is 0 Å². The summed E-state index contributed by atoms with van der Waals surface area (Å²) in [5, 5.41) is 3.19. The summed E-state index contributed by atoms with van der Waals surface area (Å²) < 4.78 is 0. The molecule has 1 heterocycles. The second kappa shape index (κ2) is 8.34. The minimum Gasteiger partial charge on any atom is -0.370 e. The highest BCUT2D eigenvalue weighted by molar-refractivity contribution is 5.77. The van der Waals surface area contributed by atoms with Gasteiger partial charge in [0, 0.05) is 19.6 Å². The molecule has 1 saturated heterocycles. The van der Waals surface area contributed by atoms with Crippen molar-refractivity contribution < 1.29 is 0 Å². The molecule has 0 spiro atoms. The van der Waals surface area contributed by atoms with Crippen LogP contribution in [0.25, 0.3) is 0 Å². The molecule has 0 aromatic rings. The number of aliphatic imine (C=N–C) groups is 1. The molecule has 0 amide bonds. The Hall–Kier alpha value is -0.770. The van der Waals surface area contributed by atoms with Crippen LogP contribution in [0.1, 0.15) is 39.5 Å². The van der Waals surface area contributed by atoms with E-state index in [2.05, 4.69) is 29.1 Å². The van der Waals surface area contributed by atoms with Crippen LogP contribution in [0.4, 0.5) is 0 Å². The Kier molecular flexibility index (Phi) is 7.01. The van der Waals surface area contributed by atoms with Gasteiger partial charge in [0.25, 0.3) is 0 Å². The second-order valence-corrected chi connectivity index (χ2v) is 5.28. The minimum atomic E-state index is 0.600. The molecule has 0 aromatic heterocycles. The Morgan fingerprint density at radius 1 is 1.29 bits per heavy atom. The summed E-state index contributed by atoms with van der Waals surface area (Å²) in [5.74, 6) is 1.29. The molecule has 1 aliphatic heterocycles. The van der Waals surface area contributed by atoms with Crippen LogP contribution in [-0.4, -0.2) is 43.6 Å². The second-order valence-electron chi connectivity index (χ2n) is 5.28. The van der Waals surface area contributed by atoms with Gasteiger partial charge in [0.05, 0.1) is 0 Å². The van der Waals surface area contributed by atoms with E-state index in [1.165, 1.54) is 32.4 Å². The molecule has 0 aromatic carbocycles. The smallest absolute Gasteiger partial charge is 0.188 e. The van der Waals surface area contributed by atoms with Gasteiger partial charge in [-0.15, -0.1) is 0 Å². The molecular formula is C13H28N4. The van der Waals surface area contributed by atoms with E-state index in [0.717, 1.165) is 26.1 Å². The molecule has 0 saturated carbocycles. The van der Waals surface area contributed by atoms with E-state index >= 15 is 0 Å². The normalized spacial score (nSPS) is 18.6. The van der Waals surface area contributed by atoms with Gasteiger partial charge in [-0.25, -0.2) is 0 Å². The highest BCUT2D eigenvalue weighted by atomic mass is 15.2. The van der Waals surface area contributed by atoms with Crippen molar-refractivity contribution in [2.24, 2.45) is 16.6 Å². The van der Waals surface area contributed by atoms with Crippen molar-refractivity contribution in [2.45, 2.75) is 39.5 Å². The molecule has 1 aliphatic rings. The summed E-state index contributed by atoms with van der Waals surface area (Å²) in [6.45, 7) is 9.72. The van der Waals surface area contributed by atoms with Crippen LogP contribution in [0.15, 0.2) is 4.99 Å². The summed E-state index contributed by atoms with van der Waals surface area (Å²) in [5.41, 5.74) is 5.80. The van der Waals surface area contributed by atoms with Crippen molar-refractivity contribution in [3.05, 3.63) is 0 Å². The summed E-state index contributed by atoms with van der Waals surface area (Å²) in [7, 11) is 0. The molecule has 0 bridgehead atoms. The zero-order valence-corrected chi connectivity index (χ0v) is 11.4. The summed E-state index contributed by atoms with van der Waals surface area (Å²) in [4.78, 5) is 6.81. The first-order chi connectivity index (χ1) is 8.18. The third-order valence-corrected chi connectivity index (χ3v) is 3.17. The van der Waals surface area contributed by atoms with E-state index in [-0.39, 0.29) is 0 Å². The lowest BCUT2D eigenvalue weighted by atomic mass is 10.1. The maximum Gasteiger partial charge on any atom is 0.188 e. The summed E-state index contributed by atoms with van der Waals surface area (Å²) in [6.07, 6.45) is 5.19. The number of piperidine rings is 1. The fourth-order valence-electron chi connectivity index (χ4n) is 2.02. The van der Waals surface area contributed by atoms with Crippen LogP contribution in [0.2, 0.25) is 0 Å². The Morgan fingerprint density at radius 3 is 2.65 bits per heavy atom. The van der Waals surface area contributed by atoms with Gasteiger partial charge in [-0.2, -0.15) is 0 Å². The first kappa shape index (κ1) is 14.3. The maximum absolute atomic E-state index is 5.80. The average Bonchev–Trinajstić information content (AvgIpc) is 2.30. The number of likely N-dealkylation sites (tertiary alicyclic amines) is 1. The SMILES string of the molecule is CC(C)CCN=C(N)NCCN1CCCCC1. The predicted molar refractivity (Wildman–Crippen MR) is 74.2 cm³/mol. The van der Waals surface area contributed by atoms with Crippen molar-refractivity contribution in [2.75, 3.05) is 32.7 Å². The third-order valence-electron chi connectivity index (χ3n) is 3.17. The fraction of sp³-hybridized carbons (Fsp3) is 0.923. The highest BCUT2D eigenvalue weighted by Gasteiger charge is 2.08. The lowest BCUT2D eigenvalue weighted by Crippen LogP contribution is -2.40. The van der Waals surface area contributed by atoms with Gasteiger partial charge in [0.2, 0.25) is 0 Å². The Balaban J connectivity index is 2.04. The van der Waals surface area contributed by atoms with Crippen molar-refractivity contribution in [3.8, 4) is 0 Å². The average molecular weight is 240 g/mol. The number of hydrogen-bond donors (Lipinski definition) is 2. The first-order valence-electron chi connectivity index (χ1n) is 6.94. The van der Waals surface area contributed by atoms with Gasteiger partial charge in [0.15, 0.2) is 5.96 Å². The molecule has 0 aliphatic carbocycles. The summed E-state index contributed by atoms with van der Waals surface area (Å²) >= 11 is 0. The molecule has 4 nitrogen and oxygen atoms in total. The van der Waals surface area contributed by atoms with Crippen LogP contribution >= 0.6 is 0 Å². The zero-order chi connectivity index (χ0) is 12.5. The molecule has 0 radical (unpaired) electrons. The van der Waals surface area contributed by atoms with Crippen LogP contribution in [0.3, 0.4) is 0 Å². The summed E-state index contributed by atoms with van der Waals surface area (Å²) in [6, 6.07) is 0. The lowest BCUT2D eigenvalue weighted by molar-refractivity contribution is 0.232. The van der Waals surface area contributed by atoms with Crippen LogP contribution < -0.4 is 11.1 Å². The number of hydrogen-bond acceptors (Lipinski definition) is 2. The van der Waals surface area contributed by atoms with E-state index in [1.54, 1.807) is 0 Å². The molecule has 1 fully saturated rings. The van der Waals surface area contributed by atoms with Crippen molar-refractivity contribution in [1.29, 1.82) is 0 Å². The Labute approximate surface area is 106 Å². The minimum absolute atomic E-state index is 0.600. The van der Waals surface area contributed by atoms with Gasteiger partial charge in [-0.1, -0.05) is 20.3 Å². The van der Waals surface area contributed by atoms with Gasteiger partial charge >= 0.3 is 0 Å². The number of nitrogens with one attached hydrogen (secondary N) is 1. The van der Waals surface area contributed by atoms with E-state index < -0.39 is 0 Å². The van der Waals surface area contributed by atoms with Gasteiger partial charge in [-0.05, 0) is 38.3 Å². The molecule has 0 unspecified atom stereocenters. The predicted octanol–water partition coefficient (Wildman–Crippen LogP) is 1.42. The van der Waals surface area contributed by atoms with Gasteiger partial charge in [-0.3, -0.25) is 4.99 Å². The lowest BCUT2D eigenvalue weighted by Gasteiger charge is -2.26. The van der Waals surface area contributed by atoms with Crippen molar-refractivity contribution in [1.82, 2.24) is 10.2 Å². The van der Waals surface area contributed by atoms with Crippen LogP contribution in [0, 0.1) is 5.92 Å². The van der Waals surface area contributed by atoms with Crippen molar-refractivity contribution >= 4 is 5.96 Å². The maximum atomic E-state index is 5.80. The van der Waals surface area contributed by atoms with E-state index in [0.29, 0.717) is 11.9 Å². The molecule has 1 rings (SSSR count). The Bertz CT molecular complexity index is 219. The number of rotatable bonds is 6. The van der Waals surface area contributed by atoms with Crippen molar-refractivity contribution in [3.63, 3.8) is 0 Å². The number of nitrogens with zero attached hydrogens (tertiary/aromatic N) is 2. The molecule has 0 atom stereocenters. The van der Waals surface area contributed by atoms with Gasteiger partial charge in [0.1, 0.15) is 0 Å². The third kappa shape index (κ3) is 7.21. The molecule has 100 valence electrons. The topological polar surface area (TPSA) is 53.6 Å².